The van der Waals surface area contributed by atoms with Gasteiger partial charge in [-0.25, -0.2) is 0 Å². The van der Waals surface area contributed by atoms with Crippen LogP contribution in [0.5, 0.6) is 0 Å². The molecular weight excluding hydrogens is 68.0 g/mol. The molecule has 0 aliphatic rings. The number of hydrogen-bond donors (Lipinski definition) is 2. The molecule has 0 aliphatic heterocycles. The average molecular weight is 75.1 g/mol. The maximum Gasteiger partial charge on any atom is 0.0662 e. The summed E-state index contributed by atoms with van der Waals surface area (Å²) < 4.78 is 0. The Kier molecular flexibility index (Phi) is 16.1. The maximum absolute atomic E-state index is 7.62. The molecule has 0 heterocycles. The molecule has 0 saturated heterocycles. The molecule has 0 rings (SSSR count). The molecular formula is C3H7O2. The third-order valence-electron chi connectivity index (χ3n) is 0.1000. The minimum Gasteiger partial charge on any atom is -0.394 e. The molecule has 0 saturated carbocycles. The quantitative estimate of drug-likeness (QED) is 0.427. The SMILES string of the molecule is OCCO.[CH]. The van der Waals surface area contributed by atoms with Crippen molar-refractivity contribution in [3.05, 3.63) is 7.43 Å². The third-order valence-corrected chi connectivity index (χ3v) is 0.1000. The van der Waals surface area contributed by atoms with Crippen molar-refractivity contribution in [2.24, 2.45) is 0 Å². The van der Waals surface area contributed by atoms with E-state index in [1.807, 2.05) is 0 Å². The van der Waals surface area contributed by atoms with E-state index in [0.717, 1.165) is 0 Å². The minimum absolute atomic E-state index is 0. The summed E-state index contributed by atoms with van der Waals surface area (Å²) in [6, 6.07) is 0. The van der Waals surface area contributed by atoms with Gasteiger partial charge in [0.25, 0.3) is 0 Å². The fourth-order valence-corrected chi connectivity index (χ4v) is 0. The standard InChI is InChI=1S/C2H6O2.CH/c3-1-2-4;/h3-4H,1-2H2;1H. The van der Waals surface area contributed by atoms with Gasteiger partial charge in [-0.1, -0.05) is 0 Å². The second-order valence-corrected chi connectivity index (χ2v) is 0.447. The number of aliphatic hydroxyl groups is 2. The summed E-state index contributed by atoms with van der Waals surface area (Å²) in [5.41, 5.74) is 0. The highest BCUT2D eigenvalue weighted by Gasteiger charge is 1.58. The monoisotopic (exact) mass is 75.0 g/mol. The van der Waals surface area contributed by atoms with E-state index in [1.165, 1.54) is 0 Å². The van der Waals surface area contributed by atoms with Gasteiger partial charge >= 0.3 is 0 Å². The summed E-state index contributed by atoms with van der Waals surface area (Å²) in [6.07, 6.45) is 0. The van der Waals surface area contributed by atoms with E-state index in [4.69, 9.17) is 10.2 Å². The molecule has 0 aromatic carbocycles. The summed E-state index contributed by atoms with van der Waals surface area (Å²) in [5.74, 6) is 0. The van der Waals surface area contributed by atoms with Gasteiger partial charge < -0.3 is 10.2 Å². The Labute approximate surface area is 32.1 Å². The van der Waals surface area contributed by atoms with Crippen LogP contribution in [0.2, 0.25) is 0 Å². The molecule has 0 aromatic heterocycles. The lowest BCUT2D eigenvalue weighted by Gasteiger charge is -1.70. The van der Waals surface area contributed by atoms with Crippen LogP contribution in [0.3, 0.4) is 0 Å². The van der Waals surface area contributed by atoms with Crippen molar-refractivity contribution in [3.63, 3.8) is 0 Å². The van der Waals surface area contributed by atoms with Gasteiger partial charge in [0.15, 0.2) is 0 Å². The Morgan fingerprint density at radius 3 is 1.20 bits per heavy atom. The summed E-state index contributed by atoms with van der Waals surface area (Å²) in [5, 5.41) is 15.2. The zero-order valence-corrected chi connectivity index (χ0v) is 2.89. The van der Waals surface area contributed by atoms with E-state index in [0.29, 0.717) is 0 Å². The van der Waals surface area contributed by atoms with Crippen molar-refractivity contribution in [2.45, 2.75) is 0 Å². The molecule has 5 heavy (non-hydrogen) atoms. The van der Waals surface area contributed by atoms with E-state index in [9.17, 15) is 0 Å². The van der Waals surface area contributed by atoms with Crippen LogP contribution in [0, 0.1) is 7.43 Å². The van der Waals surface area contributed by atoms with Crippen LogP contribution >= 0.6 is 0 Å². The number of aliphatic hydroxyl groups excluding tert-OH is 2. The molecule has 0 bridgehead atoms. The molecule has 0 aromatic rings. The predicted octanol–water partition coefficient (Wildman–Crippen LogP) is -0.825. The highest BCUT2D eigenvalue weighted by Crippen LogP contribution is 1.39. The summed E-state index contributed by atoms with van der Waals surface area (Å²) >= 11 is 0. The first-order valence-electron chi connectivity index (χ1n) is 1.13. The molecule has 0 fully saturated rings. The van der Waals surface area contributed by atoms with Gasteiger partial charge in [0.05, 0.1) is 13.2 Å². The third kappa shape index (κ3) is 17.1. The molecule has 3 radical (unpaired) electrons. The zero-order valence-electron chi connectivity index (χ0n) is 2.89. The molecule has 0 atom stereocenters. The molecule has 0 aliphatic carbocycles. The van der Waals surface area contributed by atoms with Gasteiger partial charge in [-0.15, -0.1) is 0 Å². The topological polar surface area (TPSA) is 40.5 Å². The van der Waals surface area contributed by atoms with Crippen LogP contribution < -0.4 is 0 Å². The second kappa shape index (κ2) is 9.07. The lowest BCUT2D eigenvalue weighted by Crippen LogP contribution is -1.85. The van der Waals surface area contributed by atoms with Crippen LogP contribution in [0.15, 0.2) is 0 Å². The fraction of sp³-hybridized carbons (Fsp3) is 0.667. The van der Waals surface area contributed by atoms with Gasteiger partial charge in [0, 0.05) is 0 Å². The van der Waals surface area contributed by atoms with Crippen molar-refractivity contribution in [3.8, 4) is 0 Å². The Balaban J connectivity index is 0. The molecule has 2 N–H and O–H groups in total. The normalized spacial score (nSPS) is 6.00. The number of rotatable bonds is 1. The Bertz CT molecular complexity index is 6.85. The molecule has 0 unspecified atom stereocenters. The lowest BCUT2D eigenvalue weighted by atomic mass is 10.8. The predicted molar refractivity (Wildman–Crippen MR) is 18.5 cm³/mol. The Morgan fingerprint density at radius 1 is 1.00 bits per heavy atom. The summed E-state index contributed by atoms with van der Waals surface area (Å²) in [6.45, 7) is -0.250. The van der Waals surface area contributed by atoms with Crippen molar-refractivity contribution in [1.82, 2.24) is 0 Å². The van der Waals surface area contributed by atoms with Gasteiger partial charge in [-0.2, -0.15) is 0 Å². The number of hydrogen-bond acceptors (Lipinski definition) is 2. The fourth-order valence-electron chi connectivity index (χ4n) is 0. The molecule has 31 valence electrons. The summed E-state index contributed by atoms with van der Waals surface area (Å²) in [4.78, 5) is 0. The smallest absolute Gasteiger partial charge is 0.0662 e. The van der Waals surface area contributed by atoms with Gasteiger partial charge in [0.1, 0.15) is 0 Å². The van der Waals surface area contributed by atoms with Crippen LogP contribution in [0.1, 0.15) is 0 Å². The second-order valence-electron chi connectivity index (χ2n) is 0.447. The van der Waals surface area contributed by atoms with E-state index in [2.05, 4.69) is 0 Å². The average Bonchev–Trinajstić information content (AvgIpc) is 1.37. The largest absolute Gasteiger partial charge is 0.394 e. The minimum atomic E-state index is -0.125. The van der Waals surface area contributed by atoms with Crippen LogP contribution in [0.25, 0.3) is 0 Å². The van der Waals surface area contributed by atoms with Gasteiger partial charge in [-0.3, -0.25) is 0 Å². The van der Waals surface area contributed by atoms with E-state index in [1.54, 1.807) is 0 Å². The van der Waals surface area contributed by atoms with Crippen LogP contribution in [-0.4, -0.2) is 23.4 Å². The molecule has 2 nitrogen and oxygen atoms in total. The molecule has 2 heteroatoms. The summed E-state index contributed by atoms with van der Waals surface area (Å²) in [7, 11) is 0. The van der Waals surface area contributed by atoms with Gasteiger partial charge in [-0.05, 0) is 7.43 Å². The first-order valence-corrected chi connectivity index (χ1v) is 1.13. The van der Waals surface area contributed by atoms with Gasteiger partial charge in [0.2, 0.25) is 0 Å². The first kappa shape index (κ1) is 8.87. The van der Waals surface area contributed by atoms with E-state index in [-0.39, 0.29) is 20.6 Å². The van der Waals surface area contributed by atoms with Crippen molar-refractivity contribution in [1.29, 1.82) is 0 Å². The zero-order chi connectivity index (χ0) is 3.41. The highest BCUT2D eigenvalue weighted by atomic mass is 16.3. The van der Waals surface area contributed by atoms with E-state index < -0.39 is 0 Å². The van der Waals surface area contributed by atoms with Crippen molar-refractivity contribution >= 4 is 0 Å². The molecule has 0 amide bonds. The first-order chi connectivity index (χ1) is 1.91. The Hall–Kier alpha value is -0.0800. The van der Waals surface area contributed by atoms with Crippen LogP contribution in [0.4, 0.5) is 0 Å². The molecule has 0 spiro atoms. The van der Waals surface area contributed by atoms with Crippen LogP contribution in [-0.2, 0) is 0 Å². The Morgan fingerprint density at radius 2 is 1.20 bits per heavy atom. The van der Waals surface area contributed by atoms with E-state index >= 15 is 0 Å². The van der Waals surface area contributed by atoms with Crippen molar-refractivity contribution in [2.75, 3.05) is 13.2 Å². The van der Waals surface area contributed by atoms with Crippen molar-refractivity contribution < 1.29 is 10.2 Å². The lowest BCUT2D eigenvalue weighted by molar-refractivity contribution is 0.186. The maximum atomic E-state index is 7.62. The highest BCUT2D eigenvalue weighted by molar-refractivity contribution is 4.06.